The minimum Gasteiger partial charge on any atom is -0.380 e. The Bertz CT molecular complexity index is 1140. The van der Waals surface area contributed by atoms with Gasteiger partial charge in [-0.3, -0.25) is 13.9 Å². The molecule has 1 saturated heterocycles. The number of halogens is 1. The molecule has 0 bridgehead atoms. The van der Waals surface area contributed by atoms with Crippen molar-refractivity contribution in [3.63, 3.8) is 0 Å². The SMILES string of the molecule is CC1(C)OCC(Cn2c(=O)c3cc(F)c(NC4CCCCC4)cc3n(C3CCCC3)c2=O)O1. The number of benzene rings is 1. The first kappa shape index (κ1) is 22.6. The predicted molar refractivity (Wildman–Crippen MR) is 125 cm³/mol. The van der Waals surface area contributed by atoms with Crippen LogP contribution in [0.2, 0.25) is 0 Å². The zero-order valence-electron chi connectivity index (χ0n) is 19.6. The van der Waals surface area contributed by atoms with Crippen molar-refractivity contribution >= 4 is 16.6 Å². The van der Waals surface area contributed by atoms with Gasteiger partial charge in [-0.25, -0.2) is 9.18 Å². The van der Waals surface area contributed by atoms with Gasteiger partial charge in [0.2, 0.25) is 0 Å². The summed E-state index contributed by atoms with van der Waals surface area (Å²) in [5.74, 6) is -1.20. The molecule has 0 radical (unpaired) electrons. The normalized spacial score (nSPS) is 24.0. The maximum absolute atomic E-state index is 15.2. The summed E-state index contributed by atoms with van der Waals surface area (Å²) in [4.78, 5) is 27.0. The van der Waals surface area contributed by atoms with Crippen molar-refractivity contribution in [2.75, 3.05) is 11.9 Å². The molecule has 3 fully saturated rings. The number of nitrogens with zero attached hydrogens (tertiary/aromatic N) is 2. The third-order valence-electron chi connectivity index (χ3n) is 7.37. The molecule has 1 aliphatic heterocycles. The van der Waals surface area contributed by atoms with Crippen molar-refractivity contribution < 1.29 is 13.9 Å². The summed E-state index contributed by atoms with van der Waals surface area (Å²) in [6.45, 7) is 4.01. The molecule has 2 heterocycles. The van der Waals surface area contributed by atoms with Gasteiger partial charge in [-0.15, -0.1) is 0 Å². The molecule has 1 N–H and O–H groups in total. The van der Waals surface area contributed by atoms with Crippen LogP contribution in [0.3, 0.4) is 0 Å². The van der Waals surface area contributed by atoms with Gasteiger partial charge in [0.05, 0.1) is 29.7 Å². The first-order chi connectivity index (χ1) is 15.8. The summed E-state index contributed by atoms with van der Waals surface area (Å²) in [7, 11) is 0. The molecule has 1 atom stereocenters. The number of ether oxygens (including phenoxy) is 2. The molecule has 2 aromatic rings. The van der Waals surface area contributed by atoms with Gasteiger partial charge in [0.1, 0.15) is 11.9 Å². The lowest BCUT2D eigenvalue weighted by atomic mass is 9.95. The summed E-state index contributed by atoms with van der Waals surface area (Å²) in [6, 6.07) is 3.22. The zero-order chi connectivity index (χ0) is 23.2. The van der Waals surface area contributed by atoms with E-state index in [4.69, 9.17) is 9.47 Å². The molecule has 0 spiro atoms. The fraction of sp³-hybridized carbons (Fsp3) is 0.680. The predicted octanol–water partition coefficient (Wildman–Crippen LogP) is 4.31. The molecule has 2 aliphatic carbocycles. The van der Waals surface area contributed by atoms with Gasteiger partial charge >= 0.3 is 5.69 Å². The molecule has 1 aromatic heterocycles. The van der Waals surface area contributed by atoms with E-state index in [1.54, 1.807) is 10.6 Å². The second-order valence-electron chi connectivity index (χ2n) is 10.3. The van der Waals surface area contributed by atoms with Gasteiger partial charge in [0, 0.05) is 12.1 Å². The second kappa shape index (κ2) is 8.87. The van der Waals surface area contributed by atoms with Gasteiger partial charge in [-0.1, -0.05) is 32.1 Å². The summed E-state index contributed by atoms with van der Waals surface area (Å²) < 4.78 is 29.6. The first-order valence-electron chi connectivity index (χ1n) is 12.4. The number of hydrogen-bond donors (Lipinski definition) is 1. The number of aromatic nitrogens is 2. The fourth-order valence-corrected chi connectivity index (χ4v) is 5.71. The fourth-order valence-electron chi connectivity index (χ4n) is 5.71. The molecular formula is C25H34FN3O4. The molecule has 2 saturated carbocycles. The first-order valence-corrected chi connectivity index (χ1v) is 12.4. The molecule has 3 aliphatic rings. The highest BCUT2D eigenvalue weighted by Gasteiger charge is 2.34. The van der Waals surface area contributed by atoms with Gasteiger partial charge in [-0.05, 0) is 51.7 Å². The van der Waals surface area contributed by atoms with E-state index in [2.05, 4.69) is 5.32 Å². The van der Waals surface area contributed by atoms with E-state index in [0.717, 1.165) is 51.4 Å². The summed E-state index contributed by atoms with van der Waals surface area (Å²) in [5.41, 5.74) is 0.0901. The van der Waals surface area contributed by atoms with E-state index >= 15 is 4.39 Å². The highest BCUT2D eigenvalue weighted by atomic mass is 19.1. The maximum Gasteiger partial charge on any atom is 0.331 e. The minimum absolute atomic E-state index is 0.0111. The van der Waals surface area contributed by atoms with E-state index < -0.39 is 23.3 Å². The summed E-state index contributed by atoms with van der Waals surface area (Å²) in [6.07, 6.45) is 8.94. The van der Waals surface area contributed by atoms with Crippen LogP contribution in [0.4, 0.5) is 10.1 Å². The van der Waals surface area contributed by atoms with Crippen molar-refractivity contribution in [1.82, 2.24) is 9.13 Å². The molecular weight excluding hydrogens is 425 g/mol. The van der Waals surface area contributed by atoms with Crippen LogP contribution in [0.5, 0.6) is 0 Å². The lowest BCUT2D eigenvalue weighted by Crippen LogP contribution is -2.44. The van der Waals surface area contributed by atoms with Gasteiger partial charge in [-0.2, -0.15) is 0 Å². The Balaban J connectivity index is 1.60. The molecule has 1 aromatic carbocycles. The largest absolute Gasteiger partial charge is 0.380 e. The number of anilines is 1. The van der Waals surface area contributed by atoms with Crippen LogP contribution in [0.15, 0.2) is 21.7 Å². The summed E-state index contributed by atoms with van der Waals surface area (Å²) >= 11 is 0. The smallest absolute Gasteiger partial charge is 0.331 e. The second-order valence-corrected chi connectivity index (χ2v) is 10.3. The highest BCUT2D eigenvalue weighted by molar-refractivity contribution is 5.82. The Morgan fingerprint density at radius 1 is 1.06 bits per heavy atom. The molecule has 5 rings (SSSR count). The number of rotatable bonds is 5. The Kier molecular flexibility index (Phi) is 6.07. The van der Waals surface area contributed by atoms with Gasteiger partial charge in [0.25, 0.3) is 5.56 Å². The van der Waals surface area contributed by atoms with E-state index in [-0.39, 0.29) is 29.7 Å². The molecule has 1 unspecified atom stereocenters. The monoisotopic (exact) mass is 459 g/mol. The maximum atomic E-state index is 15.2. The van der Waals surface area contributed by atoms with E-state index in [1.807, 2.05) is 13.8 Å². The average Bonchev–Trinajstić information content (AvgIpc) is 3.43. The lowest BCUT2D eigenvalue weighted by molar-refractivity contribution is -0.139. The minimum atomic E-state index is -0.749. The van der Waals surface area contributed by atoms with Crippen LogP contribution in [-0.2, 0) is 16.0 Å². The van der Waals surface area contributed by atoms with Crippen molar-refractivity contribution in [3.8, 4) is 0 Å². The van der Waals surface area contributed by atoms with E-state index in [0.29, 0.717) is 17.8 Å². The van der Waals surface area contributed by atoms with Crippen LogP contribution in [0.1, 0.15) is 77.7 Å². The Hall–Kier alpha value is -2.19. The Labute approximate surface area is 192 Å². The van der Waals surface area contributed by atoms with Crippen LogP contribution in [-0.4, -0.2) is 33.7 Å². The molecule has 7 nitrogen and oxygen atoms in total. The quantitative estimate of drug-likeness (QED) is 0.721. The zero-order valence-corrected chi connectivity index (χ0v) is 19.6. The van der Waals surface area contributed by atoms with Crippen molar-refractivity contribution in [1.29, 1.82) is 0 Å². The lowest BCUT2D eigenvalue weighted by Gasteiger charge is -2.25. The number of fused-ring (bicyclic) bond motifs is 1. The summed E-state index contributed by atoms with van der Waals surface area (Å²) in [5, 5.41) is 3.59. The van der Waals surface area contributed by atoms with Crippen molar-refractivity contribution in [2.45, 2.75) is 102 Å². The Morgan fingerprint density at radius 3 is 2.42 bits per heavy atom. The standard InChI is InChI=1S/C25H34FN3O4/c1-25(2)32-15-18(33-25)14-28-23(30)19-12-20(26)21(27-16-8-4-3-5-9-16)13-22(19)29(24(28)31)17-10-6-7-11-17/h12-13,16-18,27H,3-11,14-15H2,1-2H3. The van der Waals surface area contributed by atoms with Crippen LogP contribution < -0.4 is 16.6 Å². The Morgan fingerprint density at radius 2 is 1.76 bits per heavy atom. The molecule has 180 valence electrons. The van der Waals surface area contributed by atoms with Crippen LogP contribution in [0.25, 0.3) is 10.9 Å². The topological polar surface area (TPSA) is 74.5 Å². The highest BCUT2D eigenvalue weighted by Crippen LogP contribution is 2.32. The number of nitrogens with one attached hydrogen (secondary N) is 1. The van der Waals surface area contributed by atoms with Crippen LogP contribution >= 0.6 is 0 Å². The molecule has 33 heavy (non-hydrogen) atoms. The van der Waals surface area contributed by atoms with Crippen molar-refractivity contribution in [3.05, 3.63) is 38.8 Å². The molecule has 0 amide bonds. The third kappa shape index (κ3) is 4.47. The van der Waals surface area contributed by atoms with Gasteiger partial charge in [0.15, 0.2) is 5.79 Å². The molecule has 8 heteroatoms. The van der Waals surface area contributed by atoms with E-state index in [1.165, 1.54) is 17.1 Å². The van der Waals surface area contributed by atoms with E-state index in [9.17, 15) is 9.59 Å². The third-order valence-corrected chi connectivity index (χ3v) is 7.37. The van der Waals surface area contributed by atoms with Crippen molar-refractivity contribution in [2.24, 2.45) is 0 Å². The average molecular weight is 460 g/mol. The van der Waals surface area contributed by atoms with Crippen LogP contribution in [0, 0.1) is 5.82 Å². The van der Waals surface area contributed by atoms with Gasteiger partial charge < -0.3 is 14.8 Å². The number of hydrogen-bond acceptors (Lipinski definition) is 5.